The molecule has 1 aromatic carbocycles. The number of nitrogens with zero attached hydrogens (tertiary/aromatic N) is 2. The predicted octanol–water partition coefficient (Wildman–Crippen LogP) is 3.14. The summed E-state index contributed by atoms with van der Waals surface area (Å²) in [6, 6.07) is 4.35. The van der Waals surface area contributed by atoms with Crippen molar-refractivity contribution in [3.8, 4) is 0 Å². The minimum atomic E-state index is -4.55. The van der Waals surface area contributed by atoms with E-state index in [2.05, 4.69) is 15.6 Å². The zero-order valence-electron chi connectivity index (χ0n) is 21.3. The Morgan fingerprint density at radius 2 is 1.89 bits per heavy atom. The molecule has 2 aliphatic rings. The van der Waals surface area contributed by atoms with Gasteiger partial charge in [0.1, 0.15) is 10.6 Å². The highest BCUT2D eigenvalue weighted by Gasteiger charge is 2.39. The topological polar surface area (TPSA) is 115 Å². The van der Waals surface area contributed by atoms with E-state index < -0.39 is 28.8 Å². The first kappa shape index (κ1) is 28.5. The van der Waals surface area contributed by atoms with Gasteiger partial charge in [0, 0.05) is 36.9 Å². The van der Waals surface area contributed by atoms with Crippen molar-refractivity contribution in [3.05, 3.63) is 51.5 Å². The van der Waals surface area contributed by atoms with Gasteiger partial charge in [-0.2, -0.15) is 13.2 Å². The number of aliphatic hydroxyl groups is 2. The average Bonchev–Trinajstić information content (AvgIpc) is 3.54. The van der Waals surface area contributed by atoms with Crippen molar-refractivity contribution >= 4 is 23.2 Å². The lowest BCUT2D eigenvalue weighted by molar-refractivity contribution is -0.137. The molecule has 2 fully saturated rings. The van der Waals surface area contributed by atoms with E-state index in [9.17, 15) is 33.0 Å². The van der Waals surface area contributed by atoms with Gasteiger partial charge in [0.2, 0.25) is 5.91 Å². The number of aromatic nitrogens is 1. The summed E-state index contributed by atoms with van der Waals surface area (Å²) in [6.07, 6.45) is 0.379. The fourth-order valence-electron chi connectivity index (χ4n) is 4.91. The Kier molecular flexibility index (Phi) is 8.17. The Hall–Kier alpha value is -2.54. The van der Waals surface area contributed by atoms with E-state index in [1.165, 1.54) is 17.4 Å². The maximum absolute atomic E-state index is 12.9. The summed E-state index contributed by atoms with van der Waals surface area (Å²) in [7, 11) is 0. The van der Waals surface area contributed by atoms with Crippen molar-refractivity contribution in [1.29, 1.82) is 0 Å². The summed E-state index contributed by atoms with van der Waals surface area (Å²) in [5, 5.41) is 28.0. The van der Waals surface area contributed by atoms with E-state index in [-0.39, 0.29) is 30.1 Å². The van der Waals surface area contributed by atoms with Crippen LogP contribution in [-0.4, -0.2) is 63.6 Å². The zero-order chi connectivity index (χ0) is 27.7. The molecule has 0 bridgehead atoms. The van der Waals surface area contributed by atoms with Gasteiger partial charge in [-0.15, -0.1) is 11.3 Å². The van der Waals surface area contributed by atoms with E-state index in [1.54, 1.807) is 24.9 Å². The summed E-state index contributed by atoms with van der Waals surface area (Å²) in [6.45, 7) is 4.08. The molecule has 1 saturated heterocycles. The van der Waals surface area contributed by atoms with Crippen LogP contribution >= 0.6 is 11.3 Å². The first-order valence-electron chi connectivity index (χ1n) is 12.7. The van der Waals surface area contributed by atoms with Crippen molar-refractivity contribution in [2.24, 2.45) is 0 Å². The molecule has 1 unspecified atom stereocenters. The number of amides is 2. The molecule has 8 nitrogen and oxygen atoms in total. The fourth-order valence-corrected chi connectivity index (χ4v) is 5.97. The number of thiazole rings is 1. The number of likely N-dealkylation sites (tertiary alicyclic amines) is 1. The number of rotatable bonds is 7. The standard InChI is InChI=1S/C26H33F3N4O4S/c1-24(2,36)20-13-31-23(38-20)25(37)9-6-18(7-10-25)32-19-8-11-33(15-19)21(34)14-30-22(35)16-4-3-5-17(12-16)26(27,28)29/h3-5,12-13,18-19,32,36-37H,6-11,14-15H2,1-2H3,(H,30,35). The van der Waals surface area contributed by atoms with Gasteiger partial charge in [0.25, 0.3) is 5.91 Å². The van der Waals surface area contributed by atoms with Crippen LogP contribution in [-0.2, 0) is 22.2 Å². The molecule has 1 aliphatic heterocycles. The second-order valence-electron chi connectivity index (χ2n) is 10.6. The monoisotopic (exact) mass is 554 g/mol. The number of nitrogens with one attached hydrogen (secondary N) is 2. The number of benzene rings is 1. The van der Waals surface area contributed by atoms with E-state index >= 15 is 0 Å². The second kappa shape index (κ2) is 10.9. The van der Waals surface area contributed by atoms with Gasteiger partial charge in [-0.1, -0.05) is 6.07 Å². The fraction of sp³-hybridized carbons (Fsp3) is 0.577. The lowest BCUT2D eigenvalue weighted by Crippen LogP contribution is -2.46. The Morgan fingerprint density at radius 3 is 2.53 bits per heavy atom. The Morgan fingerprint density at radius 1 is 1.18 bits per heavy atom. The largest absolute Gasteiger partial charge is 0.416 e. The minimum Gasteiger partial charge on any atom is -0.385 e. The number of hydrogen-bond acceptors (Lipinski definition) is 7. The number of alkyl halides is 3. The molecule has 0 radical (unpaired) electrons. The van der Waals surface area contributed by atoms with Crippen LogP contribution < -0.4 is 10.6 Å². The summed E-state index contributed by atoms with van der Waals surface area (Å²) in [4.78, 5) is 31.6. The Bertz CT molecular complexity index is 1160. The van der Waals surface area contributed by atoms with Gasteiger partial charge in [0.05, 0.1) is 22.6 Å². The van der Waals surface area contributed by atoms with Crippen LogP contribution in [0.4, 0.5) is 13.2 Å². The van der Waals surface area contributed by atoms with Gasteiger partial charge in [-0.05, 0) is 64.2 Å². The van der Waals surface area contributed by atoms with Crippen LogP contribution in [0.3, 0.4) is 0 Å². The Labute approximate surface area is 223 Å². The first-order chi connectivity index (χ1) is 17.7. The van der Waals surface area contributed by atoms with E-state index in [1.807, 2.05) is 0 Å². The van der Waals surface area contributed by atoms with Crippen molar-refractivity contribution in [1.82, 2.24) is 20.5 Å². The molecule has 1 atom stereocenters. The minimum absolute atomic E-state index is 0.0796. The van der Waals surface area contributed by atoms with Gasteiger partial charge < -0.3 is 25.7 Å². The number of carbonyl (C=O) groups excluding carboxylic acids is 2. The number of hydrogen-bond donors (Lipinski definition) is 4. The molecule has 1 saturated carbocycles. The summed E-state index contributed by atoms with van der Waals surface area (Å²) in [5.41, 5.74) is -3.09. The third-order valence-electron chi connectivity index (χ3n) is 7.18. The molecule has 2 aromatic rings. The number of halogens is 3. The molecular weight excluding hydrogens is 521 g/mol. The molecule has 1 aliphatic carbocycles. The normalized spacial score (nSPS) is 24.4. The zero-order valence-corrected chi connectivity index (χ0v) is 22.2. The van der Waals surface area contributed by atoms with E-state index in [0.29, 0.717) is 35.8 Å². The first-order valence-corrected chi connectivity index (χ1v) is 13.5. The second-order valence-corrected chi connectivity index (χ2v) is 11.7. The highest BCUT2D eigenvalue weighted by Crippen LogP contribution is 2.40. The molecule has 38 heavy (non-hydrogen) atoms. The molecule has 4 rings (SSSR count). The summed E-state index contributed by atoms with van der Waals surface area (Å²) in [5.74, 6) is -1.03. The maximum Gasteiger partial charge on any atom is 0.416 e. The van der Waals surface area contributed by atoms with E-state index in [4.69, 9.17) is 0 Å². The van der Waals surface area contributed by atoms with Gasteiger partial charge >= 0.3 is 6.18 Å². The van der Waals surface area contributed by atoms with Gasteiger partial charge in [-0.25, -0.2) is 4.98 Å². The third kappa shape index (κ3) is 6.71. The average molecular weight is 555 g/mol. The van der Waals surface area contributed by atoms with Crippen molar-refractivity contribution in [3.63, 3.8) is 0 Å². The van der Waals surface area contributed by atoms with Crippen LogP contribution in [0, 0.1) is 0 Å². The molecule has 12 heteroatoms. The van der Waals surface area contributed by atoms with Crippen molar-refractivity contribution in [2.45, 2.75) is 75.4 Å². The van der Waals surface area contributed by atoms with Crippen LogP contribution in [0.2, 0.25) is 0 Å². The van der Waals surface area contributed by atoms with Crippen molar-refractivity contribution in [2.75, 3.05) is 19.6 Å². The van der Waals surface area contributed by atoms with Crippen LogP contribution in [0.5, 0.6) is 0 Å². The molecule has 208 valence electrons. The lowest BCUT2D eigenvalue weighted by Gasteiger charge is -2.36. The summed E-state index contributed by atoms with van der Waals surface area (Å²) >= 11 is 1.33. The quantitative estimate of drug-likeness (QED) is 0.418. The van der Waals surface area contributed by atoms with Crippen LogP contribution in [0.25, 0.3) is 0 Å². The SMILES string of the molecule is CC(C)(O)c1cnc(C2(O)CCC(NC3CCN(C(=O)CNC(=O)c4cccc(C(F)(F)F)c4)C3)CC2)s1. The highest BCUT2D eigenvalue weighted by atomic mass is 32.1. The smallest absolute Gasteiger partial charge is 0.385 e. The molecule has 4 N–H and O–H groups in total. The van der Waals surface area contributed by atoms with Gasteiger partial charge in [-0.3, -0.25) is 9.59 Å². The molecule has 1 aromatic heterocycles. The summed E-state index contributed by atoms with van der Waals surface area (Å²) < 4.78 is 38.7. The lowest BCUT2D eigenvalue weighted by atomic mass is 9.82. The molecule has 0 spiro atoms. The number of carbonyl (C=O) groups is 2. The Balaban J connectivity index is 1.22. The van der Waals surface area contributed by atoms with Crippen LogP contribution in [0.15, 0.2) is 30.5 Å². The predicted molar refractivity (Wildman–Crippen MR) is 135 cm³/mol. The van der Waals surface area contributed by atoms with E-state index in [0.717, 1.165) is 37.5 Å². The maximum atomic E-state index is 12.9. The molecular formula is C26H33F3N4O4S. The molecule has 2 amide bonds. The highest BCUT2D eigenvalue weighted by molar-refractivity contribution is 7.11. The van der Waals surface area contributed by atoms with Gasteiger partial charge in [0.15, 0.2) is 0 Å². The molecule has 2 heterocycles. The van der Waals surface area contributed by atoms with Crippen LogP contribution in [0.1, 0.15) is 71.8 Å². The van der Waals surface area contributed by atoms with Crippen molar-refractivity contribution < 1.29 is 33.0 Å². The third-order valence-corrected chi connectivity index (χ3v) is 8.69.